The molecule has 0 bridgehead atoms. The molecule has 0 aliphatic carbocycles. The van der Waals surface area contributed by atoms with Gasteiger partial charge < -0.3 is 20.5 Å². The standard InChI is InChI=1S/C17H21F2N3O3/c1-10(2)8-11(9-23)21-17(24)22-13-5-6-14(25-16(18)19)15-12(13)4-3-7-20-15/h3-7,10-11,16,23H,8-9H2,1-2H3,(H2,21,22,24). The summed E-state index contributed by atoms with van der Waals surface area (Å²) in [5.74, 6) is 0.248. The number of anilines is 1. The number of nitrogens with one attached hydrogen (secondary N) is 2. The van der Waals surface area contributed by atoms with E-state index in [0.29, 0.717) is 23.4 Å². The molecule has 0 radical (unpaired) electrons. The van der Waals surface area contributed by atoms with E-state index in [1.165, 1.54) is 18.3 Å². The maximum Gasteiger partial charge on any atom is 0.387 e. The van der Waals surface area contributed by atoms with Crippen LogP contribution in [-0.2, 0) is 0 Å². The summed E-state index contributed by atoms with van der Waals surface area (Å²) < 4.78 is 29.4. The predicted octanol–water partition coefficient (Wildman–Crippen LogP) is 3.36. The second kappa shape index (κ2) is 8.57. The molecule has 0 fully saturated rings. The molecule has 2 amide bonds. The first-order valence-corrected chi connectivity index (χ1v) is 7.91. The Bertz CT molecular complexity index is 725. The number of rotatable bonds is 7. The first-order valence-electron chi connectivity index (χ1n) is 7.91. The monoisotopic (exact) mass is 353 g/mol. The minimum atomic E-state index is -2.96. The number of urea groups is 1. The second-order valence-corrected chi connectivity index (χ2v) is 6.00. The van der Waals surface area contributed by atoms with E-state index in [1.54, 1.807) is 12.1 Å². The zero-order valence-electron chi connectivity index (χ0n) is 14.0. The topological polar surface area (TPSA) is 83.5 Å². The Morgan fingerprint density at radius 2 is 2.08 bits per heavy atom. The number of halogens is 2. The number of carbonyl (C=O) groups excluding carboxylic acids is 1. The van der Waals surface area contributed by atoms with E-state index < -0.39 is 12.6 Å². The fourth-order valence-corrected chi connectivity index (χ4v) is 2.54. The number of hydrogen-bond donors (Lipinski definition) is 3. The maximum absolute atomic E-state index is 12.5. The number of benzene rings is 1. The normalized spacial score (nSPS) is 12.4. The van der Waals surface area contributed by atoms with Gasteiger partial charge in [-0.2, -0.15) is 8.78 Å². The van der Waals surface area contributed by atoms with Crippen LogP contribution in [0.15, 0.2) is 30.5 Å². The van der Waals surface area contributed by atoms with Crippen LogP contribution in [0.1, 0.15) is 20.3 Å². The first kappa shape index (κ1) is 18.9. The van der Waals surface area contributed by atoms with Crippen LogP contribution in [0.25, 0.3) is 10.9 Å². The smallest absolute Gasteiger partial charge is 0.387 e. The van der Waals surface area contributed by atoms with Gasteiger partial charge in [0.2, 0.25) is 0 Å². The van der Waals surface area contributed by atoms with Crippen molar-refractivity contribution in [1.29, 1.82) is 0 Å². The van der Waals surface area contributed by atoms with Crippen molar-refractivity contribution in [3.63, 3.8) is 0 Å². The second-order valence-electron chi connectivity index (χ2n) is 6.00. The van der Waals surface area contributed by atoms with E-state index in [2.05, 4.69) is 20.4 Å². The summed E-state index contributed by atoms with van der Waals surface area (Å²) >= 11 is 0. The molecule has 136 valence electrons. The molecule has 0 aliphatic heterocycles. The predicted molar refractivity (Wildman–Crippen MR) is 90.9 cm³/mol. The fraction of sp³-hybridized carbons (Fsp3) is 0.412. The molecule has 1 atom stereocenters. The quantitative estimate of drug-likeness (QED) is 0.713. The van der Waals surface area contributed by atoms with Crippen LogP contribution in [-0.4, -0.2) is 35.4 Å². The maximum atomic E-state index is 12.5. The highest BCUT2D eigenvalue weighted by Crippen LogP contribution is 2.30. The van der Waals surface area contributed by atoms with Gasteiger partial charge in [-0.15, -0.1) is 0 Å². The van der Waals surface area contributed by atoms with Crippen molar-refractivity contribution in [3.8, 4) is 5.75 Å². The fourth-order valence-electron chi connectivity index (χ4n) is 2.54. The molecule has 1 aromatic heterocycles. The van der Waals surface area contributed by atoms with Crippen molar-refractivity contribution in [3.05, 3.63) is 30.5 Å². The molecule has 2 rings (SSSR count). The molecule has 25 heavy (non-hydrogen) atoms. The Labute approximate surface area is 144 Å². The zero-order chi connectivity index (χ0) is 18.4. The van der Waals surface area contributed by atoms with Crippen LogP contribution < -0.4 is 15.4 Å². The third-order valence-electron chi connectivity index (χ3n) is 3.51. The molecular formula is C17H21F2N3O3. The highest BCUT2D eigenvalue weighted by Gasteiger charge is 2.16. The molecule has 6 nitrogen and oxygen atoms in total. The van der Waals surface area contributed by atoms with Gasteiger partial charge in [0.15, 0.2) is 5.75 Å². The van der Waals surface area contributed by atoms with Crippen molar-refractivity contribution >= 4 is 22.6 Å². The van der Waals surface area contributed by atoms with E-state index in [-0.39, 0.29) is 23.9 Å². The van der Waals surface area contributed by atoms with E-state index in [0.717, 1.165) is 0 Å². The molecule has 0 spiro atoms. The van der Waals surface area contributed by atoms with Gasteiger partial charge in [-0.3, -0.25) is 4.98 Å². The van der Waals surface area contributed by atoms with Crippen molar-refractivity contribution in [1.82, 2.24) is 10.3 Å². The number of aliphatic hydroxyl groups is 1. The molecule has 1 unspecified atom stereocenters. The van der Waals surface area contributed by atoms with Gasteiger partial charge in [0.25, 0.3) is 0 Å². The number of nitrogens with zero attached hydrogens (tertiary/aromatic N) is 1. The van der Waals surface area contributed by atoms with Gasteiger partial charge in [0.1, 0.15) is 5.52 Å². The zero-order valence-corrected chi connectivity index (χ0v) is 14.0. The molecule has 1 aromatic carbocycles. The number of alkyl halides is 2. The Balaban J connectivity index is 2.19. The molecule has 0 saturated carbocycles. The lowest BCUT2D eigenvalue weighted by Gasteiger charge is -2.19. The number of aliphatic hydroxyl groups excluding tert-OH is 1. The van der Waals surface area contributed by atoms with E-state index >= 15 is 0 Å². The lowest BCUT2D eigenvalue weighted by molar-refractivity contribution is -0.0489. The highest BCUT2D eigenvalue weighted by molar-refractivity contribution is 6.02. The Morgan fingerprint density at radius 3 is 2.72 bits per heavy atom. The van der Waals surface area contributed by atoms with Gasteiger partial charge in [-0.05, 0) is 36.6 Å². The summed E-state index contributed by atoms with van der Waals surface area (Å²) in [6.45, 7) is 0.843. The lowest BCUT2D eigenvalue weighted by Crippen LogP contribution is -2.41. The summed E-state index contributed by atoms with van der Waals surface area (Å²) in [5.41, 5.74) is 0.630. The molecule has 1 heterocycles. The highest BCUT2D eigenvalue weighted by atomic mass is 19.3. The summed E-state index contributed by atoms with van der Waals surface area (Å²) in [5, 5.41) is 15.2. The van der Waals surface area contributed by atoms with Crippen molar-refractivity contribution < 1.29 is 23.4 Å². The minimum absolute atomic E-state index is 0.0652. The summed E-state index contributed by atoms with van der Waals surface area (Å²) in [4.78, 5) is 16.2. The van der Waals surface area contributed by atoms with E-state index in [1.807, 2.05) is 13.8 Å². The third kappa shape index (κ3) is 5.25. The number of hydrogen-bond acceptors (Lipinski definition) is 4. The number of ether oxygens (including phenoxy) is 1. The number of amides is 2. The Hall–Kier alpha value is -2.48. The molecule has 3 N–H and O–H groups in total. The SMILES string of the molecule is CC(C)CC(CO)NC(=O)Nc1ccc(OC(F)F)c2ncccc12. The number of fused-ring (bicyclic) bond motifs is 1. The average Bonchev–Trinajstić information content (AvgIpc) is 2.55. The molecule has 2 aromatic rings. The largest absolute Gasteiger partial charge is 0.432 e. The van der Waals surface area contributed by atoms with Crippen LogP contribution >= 0.6 is 0 Å². The van der Waals surface area contributed by atoms with Crippen molar-refractivity contribution in [2.75, 3.05) is 11.9 Å². The van der Waals surface area contributed by atoms with Crippen LogP contribution in [0.4, 0.5) is 19.3 Å². The van der Waals surface area contributed by atoms with E-state index in [9.17, 15) is 18.7 Å². The van der Waals surface area contributed by atoms with Crippen LogP contribution in [0.3, 0.4) is 0 Å². The third-order valence-corrected chi connectivity index (χ3v) is 3.51. The van der Waals surface area contributed by atoms with Crippen LogP contribution in [0, 0.1) is 5.92 Å². The van der Waals surface area contributed by atoms with Gasteiger partial charge in [0, 0.05) is 11.6 Å². The van der Waals surface area contributed by atoms with Crippen molar-refractivity contribution in [2.45, 2.75) is 32.9 Å². The number of aromatic nitrogens is 1. The molecular weight excluding hydrogens is 332 g/mol. The first-order chi connectivity index (χ1) is 11.9. The summed E-state index contributed by atoms with van der Waals surface area (Å²) in [7, 11) is 0. The Morgan fingerprint density at radius 1 is 1.32 bits per heavy atom. The van der Waals surface area contributed by atoms with Crippen LogP contribution in [0.5, 0.6) is 5.75 Å². The summed E-state index contributed by atoms with van der Waals surface area (Å²) in [6, 6.07) is 5.21. The van der Waals surface area contributed by atoms with Gasteiger partial charge >= 0.3 is 12.6 Å². The average molecular weight is 353 g/mol. The molecule has 0 saturated heterocycles. The lowest BCUT2D eigenvalue weighted by atomic mass is 10.0. The van der Waals surface area contributed by atoms with E-state index in [4.69, 9.17) is 0 Å². The molecule has 8 heteroatoms. The van der Waals surface area contributed by atoms with Gasteiger partial charge in [-0.1, -0.05) is 13.8 Å². The minimum Gasteiger partial charge on any atom is -0.432 e. The van der Waals surface area contributed by atoms with Crippen LogP contribution in [0.2, 0.25) is 0 Å². The number of carbonyl (C=O) groups is 1. The summed E-state index contributed by atoms with van der Waals surface area (Å²) in [6.07, 6.45) is 2.09. The van der Waals surface area contributed by atoms with Gasteiger partial charge in [0.05, 0.1) is 18.3 Å². The Kier molecular flexibility index (Phi) is 6.46. The van der Waals surface area contributed by atoms with Crippen molar-refractivity contribution in [2.24, 2.45) is 5.92 Å². The number of pyridine rings is 1. The van der Waals surface area contributed by atoms with Gasteiger partial charge in [-0.25, -0.2) is 4.79 Å². The molecule has 0 aliphatic rings.